The SMILES string of the molecule is CCCCCCCCCCCCCCCCCCCCC/C=C/CC/C=C/CC/C=C/C(O)C(COC1OC(CO)C(OC2OC(CO)C(OC3OC(CO)C(O)C(O)C3O)C(O)C2O)C(O)C1O)NC(=O)CCCCCCCCCCCCCCCCCCCCCCCCCCCCCCCCCCCCCCCC. The van der Waals surface area contributed by atoms with Crippen LogP contribution in [0.3, 0.4) is 0 Å². The Morgan fingerprint density at radius 3 is 0.893 bits per heavy atom. The fourth-order valence-corrected chi connectivity index (χ4v) is 16.2. The molecule has 0 aromatic carbocycles. The van der Waals surface area contributed by atoms with E-state index < -0.39 is 124 Å². The highest BCUT2D eigenvalue weighted by Gasteiger charge is 2.54. The topological polar surface area (TPSA) is 307 Å². The monoisotopic (exact) mass is 1590 g/mol. The maximum Gasteiger partial charge on any atom is 0.220 e. The van der Waals surface area contributed by atoms with Crippen LogP contribution in [0.1, 0.15) is 418 Å². The molecule has 0 bridgehead atoms. The van der Waals surface area contributed by atoms with Crippen molar-refractivity contribution in [2.24, 2.45) is 0 Å². The molecule has 19 nitrogen and oxygen atoms in total. The molecule has 660 valence electrons. The first-order valence-electron chi connectivity index (χ1n) is 47.2. The molecule has 17 atom stereocenters. The number of amides is 1. The number of ether oxygens (including phenoxy) is 6. The molecule has 0 radical (unpaired) electrons. The van der Waals surface area contributed by atoms with Gasteiger partial charge in [-0.05, 0) is 44.9 Å². The van der Waals surface area contributed by atoms with Crippen LogP contribution in [-0.4, -0.2) is 193 Å². The van der Waals surface area contributed by atoms with E-state index in [1.165, 1.54) is 340 Å². The van der Waals surface area contributed by atoms with Gasteiger partial charge in [0, 0.05) is 6.42 Å². The summed E-state index contributed by atoms with van der Waals surface area (Å²) in [7, 11) is 0. The van der Waals surface area contributed by atoms with Gasteiger partial charge in [-0.15, -0.1) is 0 Å². The minimum absolute atomic E-state index is 0.237. The second-order valence-corrected chi connectivity index (χ2v) is 33.8. The highest BCUT2D eigenvalue weighted by Crippen LogP contribution is 2.34. The third-order valence-corrected chi connectivity index (χ3v) is 23.7. The Balaban J connectivity index is 1.31. The Morgan fingerprint density at radius 1 is 0.312 bits per heavy atom. The zero-order valence-electron chi connectivity index (χ0n) is 71.4. The molecule has 0 spiro atoms. The third kappa shape index (κ3) is 50.8. The van der Waals surface area contributed by atoms with Gasteiger partial charge in [-0.3, -0.25) is 4.79 Å². The number of nitrogens with one attached hydrogen (secondary N) is 1. The number of carbonyl (C=O) groups excluding carboxylic acids is 1. The van der Waals surface area contributed by atoms with E-state index in [2.05, 4.69) is 43.5 Å². The van der Waals surface area contributed by atoms with Crippen molar-refractivity contribution < 1.29 is 89.4 Å². The molecular weight excluding hydrogens is 1420 g/mol. The van der Waals surface area contributed by atoms with Crippen LogP contribution in [0.4, 0.5) is 0 Å². The Labute approximate surface area is 682 Å². The Bertz CT molecular complexity index is 2160. The van der Waals surface area contributed by atoms with Gasteiger partial charge < -0.3 is 89.9 Å². The van der Waals surface area contributed by atoms with Crippen molar-refractivity contribution in [3.05, 3.63) is 36.5 Å². The number of aliphatic hydroxyl groups excluding tert-OH is 11. The van der Waals surface area contributed by atoms with Gasteiger partial charge >= 0.3 is 0 Å². The van der Waals surface area contributed by atoms with Crippen LogP contribution in [0, 0.1) is 0 Å². The summed E-state index contributed by atoms with van der Waals surface area (Å²) < 4.78 is 34.5. The molecule has 19 heteroatoms. The molecule has 1 amide bonds. The predicted molar refractivity (Wildman–Crippen MR) is 453 cm³/mol. The summed E-state index contributed by atoms with van der Waals surface area (Å²) in [6, 6.07) is -0.997. The molecule has 112 heavy (non-hydrogen) atoms. The molecular formula is C93H175NO18. The van der Waals surface area contributed by atoms with Crippen LogP contribution in [0.2, 0.25) is 0 Å². The summed E-state index contributed by atoms with van der Waals surface area (Å²) >= 11 is 0. The molecule has 3 fully saturated rings. The van der Waals surface area contributed by atoms with Crippen LogP contribution >= 0.6 is 0 Å². The van der Waals surface area contributed by atoms with E-state index in [1.54, 1.807) is 6.08 Å². The Kier molecular flexibility index (Phi) is 67.9. The van der Waals surface area contributed by atoms with Crippen molar-refractivity contribution in [3.8, 4) is 0 Å². The molecule has 12 N–H and O–H groups in total. The van der Waals surface area contributed by atoms with E-state index in [4.69, 9.17) is 28.4 Å². The van der Waals surface area contributed by atoms with Crippen molar-refractivity contribution in [1.82, 2.24) is 5.32 Å². The van der Waals surface area contributed by atoms with E-state index in [-0.39, 0.29) is 18.9 Å². The van der Waals surface area contributed by atoms with E-state index >= 15 is 0 Å². The first-order chi connectivity index (χ1) is 54.8. The largest absolute Gasteiger partial charge is 0.394 e. The van der Waals surface area contributed by atoms with Crippen molar-refractivity contribution in [2.45, 2.75) is 523 Å². The smallest absolute Gasteiger partial charge is 0.220 e. The number of aliphatic hydroxyl groups is 11. The van der Waals surface area contributed by atoms with Crippen molar-refractivity contribution >= 4 is 5.91 Å². The summed E-state index contributed by atoms with van der Waals surface area (Å²) in [5.74, 6) is -0.280. The summed E-state index contributed by atoms with van der Waals surface area (Å²) in [5, 5.41) is 121. The Morgan fingerprint density at radius 2 is 0.571 bits per heavy atom. The molecule has 3 rings (SSSR count). The quantitative estimate of drug-likeness (QED) is 0.0199. The van der Waals surface area contributed by atoms with Crippen LogP contribution in [0.15, 0.2) is 36.5 Å². The van der Waals surface area contributed by atoms with Crippen LogP contribution < -0.4 is 5.32 Å². The number of hydrogen-bond donors (Lipinski definition) is 12. The second kappa shape index (κ2) is 73.0. The third-order valence-electron chi connectivity index (χ3n) is 23.7. The zero-order valence-corrected chi connectivity index (χ0v) is 71.4. The van der Waals surface area contributed by atoms with Gasteiger partial charge in [0.2, 0.25) is 5.91 Å². The highest BCUT2D eigenvalue weighted by atomic mass is 16.8. The van der Waals surface area contributed by atoms with Crippen molar-refractivity contribution in [3.63, 3.8) is 0 Å². The minimum Gasteiger partial charge on any atom is -0.394 e. The normalized spacial score (nSPS) is 25.0. The lowest BCUT2D eigenvalue weighted by Crippen LogP contribution is -2.66. The van der Waals surface area contributed by atoms with Crippen LogP contribution in [0.25, 0.3) is 0 Å². The zero-order chi connectivity index (χ0) is 81.0. The first-order valence-corrected chi connectivity index (χ1v) is 47.2. The Hall–Kier alpha value is -1.99. The van der Waals surface area contributed by atoms with E-state index in [1.807, 2.05) is 6.08 Å². The lowest BCUT2D eigenvalue weighted by molar-refractivity contribution is -0.379. The van der Waals surface area contributed by atoms with Gasteiger partial charge in [0.15, 0.2) is 18.9 Å². The average Bonchev–Trinajstić information content (AvgIpc) is 0.781. The number of allylic oxidation sites excluding steroid dienone is 5. The summed E-state index contributed by atoms with van der Waals surface area (Å²) in [6.45, 7) is 1.79. The molecule has 0 aromatic heterocycles. The van der Waals surface area contributed by atoms with Crippen molar-refractivity contribution in [1.29, 1.82) is 0 Å². The molecule has 3 aliphatic rings. The number of hydrogen-bond acceptors (Lipinski definition) is 18. The fraction of sp³-hybridized carbons (Fsp3) is 0.925. The van der Waals surface area contributed by atoms with Gasteiger partial charge in [0.1, 0.15) is 73.2 Å². The molecule has 0 saturated carbocycles. The molecule has 17 unspecified atom stereocenters. The van der Waals surface area contributed by atoms with Gasteiger partial charge in [0.05, 0.1) is 38.6 Å². The minimum atomic E-state index is -1.98. The number of carbonyl (C=O) groups is 1. The summed E-state index contributed by atoms with van der Waals surface area (Å²) in [4.78, 5) is 13.5. The lowest BCUT2D eigenvalue weighted by atomic mass is 9.96. The maximum atomic E-state index is 13.5. The molecule has 0 aromatic rings. The fourth-order valence-electron chi connectivity index (χ4n) is 16.2. The second-order valence-electron chi connectivity index (χ2n) is 33.8. The summed E-state index contributed by atoms with van der Waals surface area (Å²) in [6.07, 6.45) is 67.6. The molecule has 3 saturated heterocycles. The first kappa shape index (κ1) is 104. The molecule has 3 aliphatic heterocycles. The summed E-state index contributed by atoms with van der Waals surface area (Å²) in [5.41, 5.74) is 0. The molecule has 0 aliphatic carbocycles. The number of unbranched alkanes of at least 4 members (excludes halogenated alkanes) is 58. The van der Waals surface area contributed by atoms with E-state index in [0.717, 1.165) is 44.9 Å². The van der Waals surface area contributed by atoms with Crippen molar-refractivity contribution in [2.75, 3.05) is 26.4 Å². The van der Waals surface area contributed by atoms with Crippen LogP contribution in [-0.2, 0) is 33.2 Å². The van der Waals surface area contributed by atoms with Gasteiger partial charge in [-0.25, -0.2) is 0 Å². The van der Waals surface area contributed by atoms with Gasteiger partial charge in [-0.2, -0.15) is 0 Å². The lowest BCUT2D eigenvalue weighted by Gasteiger charge is -2.48. The van der Waals surface area contributed by atoms with E-state index in [9.17, 15) is 61.0 Å². The maximum absolute atomic E-state index is 13.5. The molecule has 3 heterocycles. The predicted octanol–water partition coefficient (Wildman–Crippen LogP) is 18.6. The highest BCUT2D eigenvalue weighted by molar-refractivity contribution is 5.76. The van der Waals surface area contributed by atoms with Gasteiger partial charge in [0.25, 0.3) is 0 Å². The van der Waals surface area contributed by atoms with E-state index in [0.29, 0.717) is 12.8 Å². The average molecular weight is 1600 g/mol. The number of rotatable bonds is 78. The standard InChI is InChI=1S/C93H175NO18/c1-3-5-7-9-11-13-15-17-19-21-23-25-27-29-31-33-34-35-36-37-38-39-40-41-43-45-47-49-51-53-55-57-59-61-63-65-67-69-71-81(99)94-76(77(98)70-68-66-64-62-60-58-56-54-52-50-48-46-44-42-32-30-28-26-24-22-20-18-16-14-12-10-8-6-4-2)75-107-91-87(105)84(102)89(79(73-96)109-91)112-93-88(106)85(103)90(80(74-97)110-93)111-92-86(104)83(101)82(100)78(72-95)108-92/h52,54,60,62,68,70,76-80,82-93,95-98,100-106H,3-51,53,55-59,61,63-67,69,71-75H2,1-2H3,(H,94,99)/b54-52+,62-60+,70-68+. The van der Waals surface area contributed by atoms with Gasteiger partial charge in [-0.1, -0.05) is 403 Å². The van der Waals surface area contributed by atoms with Crippen LogP contribution in [0.5, 0.6) is 0 Å².